The number of hydrogen-bond acceptors (Lipinski definition) is 8. The van der Waals surface area contributed by atoms with Crippen LogP contribution in [0.1, 0.15) is 0 Å². The van der Waals surface area contributed by atoms with Gasteiger partial charge in [0.05, 0.1) is 12.6 Å². The maximum absolute atomic E-state index is 9.41. The van der Waals surface area contributed by atoms with Crippen molar-refractivity contribution in [2.24, 2.45) is 0 Å². The molecule has 0 spiro atoms. The Morgan fingerprint density at radius 2 is 1.62 bits per heavy atom. The summed E-state index contributed by atoms with van der Waals surface area (Å²) in [5.41, 5.74) is 0. The number of aliphatic hydroxyl groups excluding tert-OH is 2. The number of carboxylic acids is 1. The van der Waals surface area contributed by atoms with E-state index in [4.69, 9.17) is 27.7 Å². The normalized spacial score (nSPS) is 11.7. The van der Waals surface area contributed by atoms with Crippen LogP contribution in [0.3, 0.4) is 0 Å². The zero-order valence-corrected chi connectivity index (χ0v) is 7.60. The first-order chi connectivity index (χ1) is 5.18. The largest absolute Gasteiger partial charge is 0.759 e. The van der Waals surface area contributed by atoms with Gasteiger partial charge >= 0.3 is 0 Å². The van der Waals surface area contributed by atoms with Gasteiger partial charge in [-0.2, -0.15) is 0 Å². The van der Waals surface area contributed by atoms with Gasteiger partial charge in [-0.05, 0) is 0 Å². The SMILES string of the molecule is O=C([O-])C(O)CO.O=S(=O)([O-])[O-].[Cu]. The Morgan fingerprint density at radius 1 is 1.38 bits per heavy atom. The third kappa shape index (κ3) is 33.7. The van der Waals surface area contributed by atoms with Crippen molar-refractivity contribution in [2.45, 2.75) is 6.10 Å². The molecule has 0 aliphatic rings. The van der Waals surface area contributed by atoms with Crippen LogP contribution in [0.5, 0.6) is 0 Å². The molecule has 0 heterocycles. The molecule has 0 amide bonds. The van der Waals surface area contributed by atoms with E-state index >= 15 is 0 Å². The molecule has 1 unspecified atom stereocenters. The van der Waals surface area contributed by atoms with E-state index in [0.29, 0.717) is 0 Å². The van der Waals surface area contributed by atoms with Gasteiger partial charge in [0.2, 0.25) is 0 Å². The summed E-state index contributed by atoms with van der Waals surface area (Å²) in [5, 5.41) is 25.3. The average Bonchev–Trinajstić information content (AvgIpc) is 1.82. The fourth-order valence-corrected chi connectivity index (χ4v) is 0.0745. The van der Waals surface area contributed by atoms with Crippen molar-refractivity contribution in [3.8, 4) is 0 Å². The smallest absolute Gasteiger partial charge is 0.116 e. The Hall–Kier alpha value is -0.221. The van der Waals surface area contributed by atoms with Crippen LogP contribution < -0.4 is 5.11 Å². The van der Waals surface area contributed by atoms with Crippen molar-refractivity contribution in [1.82, 2.24) is 0 Å². The maximum Gasteiger partial charge on any atom is 0.116 e. The molecule has 8 nitrogen and oxygen atoms in total. The van der Waals surface area contributed by atoms with Gasteiger partial charge < -0.3 is 29.2 Å². The minimum atomic E-state index is -5.17. The van der Waals surface area contributed by atoms with Gasteiger partial charge in [0.25, 0.3) is 0 Å². The number of rotatable bonds is 2. The Labute approximate surface area is 84.2 Å². The third-order valence-corrected chi connectivity index (χ3v) is 0.445. The summed E-state index contributed by atoms with van der Waals surface area (Å²) in [6.07, 6.45) is -1.74. The standard InChI is InChI=1S/C3H6O4.Cu.H2O4S/c4-1-2(5)3(6)7;;1-5(2,3)4/h2,4-5H,1H2,(H,6,7);;(H2,1,2,3,4)/p-3. The fraction of sp³-hybridized carbons (Fsp3) is 0.667. The molecular weight excluding hydrogens is 260 g/mol. The molecule has 10 heteroatoms. The number of aliphatic carboxylic acids is 1. The topological polar surface area (TPSA) is 161 Å². The molecule has 85 valence electrons. The van der Waals surface area contributed by atoms with Gasteiger partial charge in [-0.15, -0.1) is 0 Å². The van der Waals surface area contributed by atoms with Gasteiger partial charge in [-0.3, -0.25) is 8.42 Å². The Bertz CT molecular complexity index is 214. The fourth-order valence-electron chi connectivity index (χ4n) is 0.0745. The van der Waals surface area contributed by atoms with Crippen LogP contribution in [-0.4, -0.2) is 46.4 Å². The monoisotopic (exact) mass is 264 g/mol. The second-order valence-electron chi connectivity index (χ2n) is 1.43. The van der Waals surface area contributed by atoms with Crippen molar-refractivity contribution in [2.75, 3.05) is 6.61 Å². The summed E-state index contributed by atoms with van der Waals surface area (Å²) in [7, 11) is -5.17. The molecule has 1 atom stereocenters. The van der Waals surface area contributed by atoms with Crippen LogP contribution >= 0.6 is 0 Å². The molecule has 0 fully saturated rings. The molecule has 13 heavy (non-hydrogen) atoms. The number of hydrogen-bond donors (Lipinski definition) is 2. The van der Waals surface area contributed by atoms with E-state index in [2.05, 4.69) is 0 Å². The minimum Gasteiger partial charge on any atom is -0.759 e. The van der Waals surface area contributed by atoms with Crippen molar-refractivity contribution in [3.63, 3.8) is 0 Å². The molecule has 0 saturated heterocycles. The summed E-state index contributed by atoms with van der Waals surface area (Å²) in [6.45, 7) is -0.789. The summed E-state index contributed by atoms with van der Waals surface area (Å²) in [4.78, 5) is 9.41. The predicted octanol–water partition coefficient (Wildman–Crippen LogP) is -4.25. The summed E-state index contributed by atoms with van der Waals surface area (Å²) < 4.78 is 34.1. The van der Waals surface area contributed by atoms with Crippen LogP contribution in [-0.2, 0) is 32.3 Å². The Balaban J connectivity index is -0.000000150. The van der Waals surface area contributed by atoms with E-state index in [1.165, 1.54) is 0 Å². The molecule has 0 aliphatic heterocycles. The minimum absolute atomic E-state index is 0. The molecule has 0 aromatic carbocycles. The summed E-state index contributed by atoms with van der Waals surface area (Å²) >= 11 is 0. The number of carbonyl (C=O) groups excluding carboxylic acids is 1. The van der Waals surface area contributed by atoms with E-state index in [0.717, 1.165) is 0 Å². The van der Waals surface area contributed by atoms with Crippen LogP contribution in [0.2, 0.25) is 0 Å². The molecule has 0 bridgehead atoms. The Morgan fingerprint density at radius 3 is 1.62 bits per heavy atom. The zero-order chi connectivity index (χ0) is 10.4. The van der Waals surface area contributed by atoms with E-state index < -0.39 is 29.1 Å². The summed E-state index contributed by atoms with van der Waals surface area (Å²) in [6, 6.07) is 0. The van der Waals surface area contributed by atoms with Crippen molar-refractivity contribution in [3.05, 3.63) is 0 Å². The van der Waals surface area contributed by atoms with Gasteiger partial charge in [0.15, 0.2) is 0 Å². The Kier molecular flexibility index (Phi) is 12.0. The molecule has 0 saturated carbocycles. The number of carbonyl (C=O) groups is 1. The van der Waals surface area contributed by atoms with Crippen LogP contribution in [0, 0.1) is 0 Å². The average molecular weight is 265 g/mol. The molecular formula is C3H5CuO8S-3. The second-order valence-corrected chi connectivity index (χ2v) is 2.24. The first kappa shape index (κ1) is 18.5. The number of aliphatic hydroxyl groups is 2. The zero-order valence-electron chi connectivity index (χ0n) is 5.84. The molecule has 0 aromatic rings. The van der Waals surface area contributed by atoms with Crippen molar-refractivity contribution in [1.29, 1.82) is 0 Å². The summed E-state index contributed by atoms with van der Waals surface area (Å²) in [5.74, 6) is -1.65. The number of carboxylic acid groups (broad SMARTS) is 1. The van der Waals surface area contributed by atoms with E-state index in [-0.39, 0.29) is 17.1 Å². The van der Waals surface area contributed by atoms with Gasteiger partial charge in [-0.1, -0.05) is 0 Å². The molecule has 1 radical (unpaired) electrons. The van der Waals surface area contributed by atoms with Gasteiger partial charge in [-0.25, -0.2) is 0 Å². The van der Waals surface area contributed by atoms with E-state index in [1.807, 2.05) is 0 Å². The van der Waals surface area contributed by atoms with Gasteiger partial charge in [0.1, 0.15) is 6.10 Å². The molecule has 0 rings (SSSR count). The van der Waals surface area contributed by atoms with Crippen molar-refractivity contribution < 1.29 is 54.7 Å². The van der Waals surface area contributed by atoms with Crippen LogP contribution in [0.4, 0.5) is 0 Å². The van der Waals surface area contributed by atoms with Gasteiger partial charge in [0, 0.05) is 27.5 Å². The molecule has 0 aliphatic carbocycles. The first-order valence-corrected chi connectivity index (χ1v) is 3.68. The van der Waals surface area contributed by atoms with E-state index in [9.17, 15) is 9.90 Å². The second kappa shape index (κ2) is 8.38. The quantitative estimate of drug-likeness (QED) is 0.288. The van der Waals surface area contributed by atoms with Crippen LogP contribution in [0.25, 0.3) is 0 Å². The first-order valence-electron chi connectivity index (χ1n) is 2.35. The third-order valence-electron chi connectivity index (χ3n) is 0.445. The molecule has 0 aromatic heterocycles. The van der Waals surface area contributed by atoms with Crippen molar-refractivity contribution >= 4 is 16.4 Å². The maximum atomic E-state index is 9.41. The predicted molar refractivity (Wildman–Crippen MR) is 28.6 cm³/mol. The molecule has 2 N–H and O–H groups in total. The van der Waals surface area contributed by atoms with E-state index in [1.54, 1.807) is 0 Å². The van der Waals surface area contributed by atoms with Crippen LogP contribution in [0.15, 0.2) is 0 Å².